The average molecular weight is 303 g/mol. The van der Waals surface area contributed by atoms with Gasteiger partial charge in [-0.05, 0) is 30.0 Å². The molecule has 0 bridgehead atoms. The highest BCUT2D eigenvalue weighted by Crippen LogP contribution is 2.23. The first-order valence-corrected chi connectivity index (χ1v) is 8.16. The summed E-state index contributed by atoms with van der Waals surface area (Å²) in [6, 6.07) is 5.84. The minimum Gasteiger partial charge on any atom is -0.287 e. The Bertz CT molecular complexity index is 780. The van der Waals surface area contributed by atoms with E-state index in [-0.39, 0.29) is 5.56 Å². The molecule has 0 fully saturated rings. The van der Waals surface area contributed by atoms with Gasteiger partial charge in [0.05, 0.1) is 5.52 Å². The summed E-state index contributed by atoms with van der Waals surface area (Å²) in [7, 11) is 0. The topological polar surface area (TPSA) is 47.8 Å². The van der Waals surface area contributed by atoms with E-state index in [2.05, 4.69) is 9.97 Å². The zero-order valence-corrected chi connectivity index (χ0v) is 12.6. The van der Waals surface area contributed by atoms with Crippen LogP contribution in [0, 0.1) is 0 Å². The van der Waals surface area contributed by atoms with Crippen LogP contribution in [0.5, 0.6) is 0 Å². The molecule has 102 valence electrons. The highest BCUT2D eigenvalue weighted by atomic mass is 32.2. The second-order valence-electron chi connectivity index (χ2n) is 4.23. The molecule has 20 heavy (non-hydrogen) atoms. The van der Waals surface area contributed by atoms with Crippen LogP contribution >= 0.6 is 23.1 Å². The van der Waals surface area contributed by atoms with Crippen LogP contribution in [0.15, 0.2) is 45.9 Å². The zero-order valence-electron chi connectivity index (χ0n) is 10.9. The summed E-state index contributed by atoms with van der Waals surface area (Å²) >= 11 is 3.03. The van der Waals surface area contributed by atoms with Crippen molar-refractivity contribution < 1.29 is 0 Å². The summed E-state index contributed by atoms with van der Waals surface area (Å²) in [5, 5.41) is 2.68. The number of pyridine rings is 1. The number of nitrogens with zero attached hydrogens (tertiary/aromatic N) is 3. The van der Waals surface area contributed by atoms with Gasteiger partial charge >= 0.3 is 0 Å². The van der Waals surface area contributed by atoms with Gasteiger partial charge in [0.25, 0.3) is 5.56 Å². The van der Waals surface area contributed by atoms with E-state index in [4.69, 9.17) is 0 Å². The van der Waals surface area contributed by atoms with E-state index >= 15 is 0 Å². The van der Waals surface area contributed by atoms with Gasteiger partial charge in [-0.3, -0.25) is 14.3 Å². The molecule has 6 heteroatoms. The largest absolute Gasteiger partial charge is 0.287 e. The third-order valence-electron chi connectivity index (χ3n) is 2.94. The smallest absolute Gasteiger partial charge is 0.272 e. The normalized spacial score (nSPS) is 11.1. The van der Waals surface area contributed by atoms with Crippen LogP contribution in [0.1, 0.15) is 12.5 Å². The molecule has 0 aliphatic rings. The lowest BCUT2D eigenvalue weighted by Gasteiger charge is -2.09. The van der Waals surface area contributed by atoms with Crippen molar-refractivity contribution in [3.63, 3.8) is 0 Å². The van der Waals surface area contributed by atoms with Gasteiger partial charge in [-0.25, -0.2) is 4.98 Å². The van der Waals surface area contributed by atoms with Gasteiger partial charge in [0.15, 0.2) is 5.16 Å². The van der Waals surface area contributed by atoms with Crippen molar-refractivity contribution in [3.8, 4) is 0 Å². The quantitative estimate of drug-likeness (QED) is 0.549. The zero-order chi connectivity index (χ0) is 13.9. The highest BCUT2D eigenvalue weighted by molar-refractivity contribution is 7.98. The van der Waals surface area contributed by atoms with Gasteiger partial charge in [-0.2, -0.15) is 0 Å². The monoisotopic (exact) mass is 303 g/mol. The lowest BCUT2D eigenvalue weighted by molar-refractivity contribution is 0.635. The van der Waals surface area contributed by atoms with Crippen molar-refractivity contribution in [2.24, 2.45) is 0 Å². The number of fused-ring (bicyclic) bond motifs is 1. The Balaban J connectivity index is 1.96. The standard InChI is InChI=1S/C14H13N3OS2/c1-2-17-13(18)12-11(5-7-19-12)16-14(17)20-9-10-4-3-6-15-8-10/h3-8H,2,9H2,1H3. The summed E-state index contributed by atoms with van der Waals surface area (Å²) in [4.78, 5) is 21.1. The minimum absolute atomic E-state index is 0.0567. The first kappa shape index (κ1) is 13.3. The molecule has 3 rings (SSSR count). The van der Waals surface area contributed by atoms with E-state index in [9.17, 15) is 4.79 Å². The van der Waals surface area contributed by atoms with Crippen molar-refractivity contribution in [1.29, 1.82) is 0 Å². The molecule has 0 spiro atoms. The van der Waals surface area contributed by atoms with Crippen LogP contribution in [0.4, 0.5) is 0 Å². The van der Waals surface area contributed by atoms with E-state index in [1.807, 2.05) is 36.7 Å². The minimum atomic E-state index is 0.0567. The molecule has 0 N–H and O–H groups in total. The predicted octanol–water partition coefficient (Wildman–Crippen LogP) is 3.17. The van der Waals surface area contributed by atoms with Gasteiger partial charge in [-0.1, -0.05) is 17.8 Å². The molecule has 3 aromatic rings. The predicted molar refractivity (Wildman–Crippen MR) is 83.4 cm³/mol. The number of thiophene rings is 1. The van der Waals surface area contributed by atoms with Crippen LogP contribution in [0.25, 0.3) is 10.2 Å². The lowest BCUT2D eigenvalue weighted by Crippen LogP contribution is -2.21. The molecule has 0 unspecified atom stereocenters. The second kappa shape index (κ2) is 5.76. The number of rotatable bonds is 4. The van der Waals surface area contributed by atoms with Crippen molar-refractivity contribution in [2.75, 3.05) is 0 Å². The summed E-state index contributed by atoms with van der Waals surface area (Å²) < 4.78 is 2.47. The number of hydrogen-bond acceptors (Lipinski definition) is 5. The maximum Gasteiger partial charge on any atom is 0.272 e. The van der Waals surface area contributed by atoms with Gasteiger partial charge < -0.3 is 0 Å². The summed E-state index contributed by atoms with van der Waals surface area (Å²) in [6.07, 6.45) is 3.59. The number of hydrogen-bond donors (Lipinski definition) is 0. The van der Waals surface area contributed by atoms with E-state index in [1.54, 1.807) is 22.5 Å². The van der Waals surface area contributed by atoms with E-state index < -0.39 is 0 Å². The Morgan fingerprint density at radius 2 is 2.30 bits per heavy atom. The number of aromatic nitrogens is 3. The SMILES string of the molecule is CCn1c(SCc2cccnc2)nc2ccsc2c1=O. The Morgan fingerprint density at radius 1 is 1.40 bits per heavy atom. The first-order chi connectivity index (χ1) is 9.79. The van der Waals surface area contributed by atoms with Crippen LogP contribution in [0.3, 0.4) is 0 Å². The third-order valence-corrected chi connectivity index (χ3v) is 4.88. The molecular formula is C14H13N3OS2. The maximum atomic E-state index is 12.4. The molecule has 0 radical (unpaired) electrons. The Hall–Kier alpha value is -1.66. The van der Waals surface area contributed by atoms with Crippen LogP contribution < -0.4 is 5.56 Å². The fraction of sp³-hybridized carbons (Fsp3) is 0.214. The van der Waals surface area contributed by atoms with Crippen molar-refractivity contribution in [2.45, 2.75) is 24.4 Å². The molecule has 0 aliphatic carbocycles. The lowest BCUT2D eigenvalue weighted by atomic mass is 10.3. The summed E-state index contributed by atoms with van der Waals surface area (Å²) in [5.41, 5.74) is 1.97. The molecule has 0 aliphatic heterocycles. The highest BCUT2D eigenvalue weighted by Gasteiger charge is 2.11. The molecule has 4 nitrogen and oxygen atoms in total. The molecule has 0 atom stereocenters. The first-order valence-electron chi connectivity index (χ1n) is 6.29. The van der Waals surface area contributed by atoms with E-state index in [1.165, 1.54) is 11.3 Å². The Morgan fingerprint density at radius 3 is 3.05 bits per heavy atom. The van der Waals surface area contributed by atoms with Crippen molar-refractivity contribution >= 4 is 33.3 Å². The molecule has 0 aromatic carbocycles. The van der Waals surface area contributed by atoms with Crippen LogP contribution in [-0.4, -0.2) is 14.5 Å². The van der Waals surface area contributed by atoms with Crippen LogP contribution in [-0.2, 0) is 12.3 Å². The van der Waals surface area contributed by atoms with E-state index in [0.717, 1.165) is 26.7 Å². The van der Waals surface area contributed by atoms with Gasteiger partial charge in [0.1, 0.15) is 4.70 Å². The molecular weight excluding hydrogens is 290 g/mol. The summed E-state index contributed by atoms with van der Waals surface area (Å²) in [5.74, 6) is 0.760. The Kier molecular flexibility index (Phi) is 3.84. The molecule has 0 saturated carbocycles. The van der Waals surface area contributed by atoms with Gasteiger partial charge in [0.2, 0.25) is 0 Å². The molecule has 3 heterocycles. The molecule has 0 amide bonds. The van der Waals surface area contributed by atoms with Crippen molar-refractivity contribution in [3.05, 3.63) is 51.9 Å². The van der Waals surface area contributed by atoms with Gasteiger partial charge in [-0.15, -0.1) is 11.3 Å². The second-order valence-corrected chi connectivity index (χ2v) is 6.09. The Labute approximate surface area is 124 Å². The summed E-state index contributed by atoms with van der Waals surface area (Å²) in [6.45, 7) is 2.60. The van der Waals surface area contributed by atoms with E-state index in [0.29, 0.717) is 6.54 Å². The van der Waals surface area contributed by atoms with Crippen LogP contribution in [0.2, 0.25) is 0 Å². The fourth-order valence-electron chi connectivity index (χ4n) is 1.94. The van der Waals surface area contributed by atoms with Gasteiger partial charge in [0, 0.05) is 24.7 Å². The molecule has 3 aromatic heterocycles. The van der Waals surface area contributed by atoms with Crippen molar-refractivity contribution in [1.82, 2.24) is 14.5 Å². The fourth-order valence-corrected chi connectivity index (χ4v) is 3.72. The molecule has 0 saturated heterocycles. The maximum absolute atomic E-state index is 12.4. The number of thioether (sulfide) groups is 1. The average Bonchev–Trinajstić information content (AvgIpc) is 2.95. The third kappa shape index (κ3) is 2.48.